The average molecular weight is 481 g/mol. The molecule has 1 saturated heterocycles. The highest BCUT2D eigenvalue weighted by atomic mass is 19.4. The minimum atomic E-state index is -4.43. The molecular formula is C20H20F5N9. The second kappa shape index (κ2) is 7.75. The van der Waals surface area contributed by atoms with Gasteiger partial charge in [-0.25, -0.2) is 23.3 Å². The van der Waals surface area contributed by atoms with Crippen LogP contribution in [0.1, 0.15) is 6.42 Å². The first-order valence-electron chi connectivity index (χ1n) is 10.4. The second-order valence-corrected chi connectivity index (χ2v) is 8.35. The van der Waals surface area contributed by atoms with E-state index in [9.17, 15) is 22.0 Å². The Hall–Kier alpha value is -3.55. The van der Waals surface area contributed by atoms with Gasteiger partial charge in [0.2, 0.25) is 5.95 Å². The summed E-state index contributed by atoms with van der Waals surface area (Å²) in [5, 5.41) is 6.94. The molecule has 0 bridgehead atoms. The molecule has 0 saturated carbocycles. The van der Waals surface area contributed by atoms with Crippen LogP contribution in [0.25, 0.3) is 27.9 Å². The number of rotatable bonds is 4. The molecule has 0 aliphatic carbocycles. The van der Waals surface area contributed by atoms with E-state index in [0.29, 0.717) is 28.8 Å². The Morgan fingerprint density at radius 1 is 1.21 bits per heavy atom. The third-order valence-corrected chi connectivity index (χ3v) is 5.72. The Labute approximate surface area is 189 Å². The quantitative estimate of drug-likeness (QED) is 0.432. The Balaban J connectivity index is 1.49. The van der Waals surface area contributed by atoms with Crippen LogP contribution < -0.4 is 11.1 Å². The molecule has 1 atom stereocenters. The lowest BCUT2D eigenvalue weighted by atomic mass is 10.0. The maximum absolute atomic E-state index is 14.4. The van der Waals surface area contributed by atoms with Crippen molar-refractivity contribution >= 4 is 28.4 Å². The van der Waals surface area contributed by atoms with Crippen molar-refractivity contribution < 1.29 is 22.0 Å². The molecule has 1 aliphatic heterocycles. The zero-order valence-corrected chi connectivity index (χ0v) is 17.9. The maximum atomic E-state index is 14.4. The number of alkyl halides is 5. The molecule has 34 heavy (non-hydrogen) atoms. The van der Waals surface area contributed by atoms with Crippen LogP contribution in [0.15, 0.2) is 30.7 Å². The van der Waals surface area contributed by atoms with Gasteiger partial charge in [-0.15, -0.1) is 5.10 Å². The number of pyridine rings is 1. The number of nitrogens with one attached hydrogen (secondary N) is 1. The summed E-state index contributed by atoms with van der Waals surface area (Å²) in [4.78, 5) is 14.0. The first kappa shape index (κ1) is 22.3. The predicted octanol–water partition coefficient (Wildman–Crippen LogP) is 3.04. The zero-order chi connectivity index (χ0) is 24.3. The highest BCUT2D eigenvalue weighted by Gasteiger charge is 2.44. The van der Waals surface area contributed by atoms with Crippen LogP contribution >= 0.6 is 0 Å². The SMILES string of the molecule is CN1CCC(Nc2nc(N)c3c(-c4ccc5ncn(CC(F)(F)F)c5n4)ccn3n2)C(F)(F)C1. The number of hydrogen-bond donors (Lipinski definition) is 2. The van der Waals surface area contributed by atoms with Gasteiger partial charge in [0.05, 0.1) is 24.6 Å². The lowest BCUT2D eigenvalue weighted by Crippen LogP contribution is -2.53. The number of piperidine rings is 1. The van der Waals surface area contributed by atoms with Crippen LogP contribution in [-0.4, -0.2) is 72.3 Å². The summed E-state index contributed by atoms with van der Waals surface area (Å²) >= 11 is 0. The maximum Gasteiger partial charge on any atom is 0.406 e. The molecule has 5 heterocycles. The minimum Gasteiger partial charge on any atom is -0.382 e. The van der Waals surface area contributed by atoms with Crippen LogP contribution in [0.5, 0.6) is 0 Å². The molecule has 14 heteroatoms. The predicted molar refractivity (Wildman–Crippen MR) is 114 cm³/mol. The summed E-state index contributed by atoms with van der Waals surface area (Å²) in [7, 11) is 1.63. The molecule has 3 N–H and O–H groups in total. The number of aromatic nitrogens is 6. The van der Waals surface area contributed by atoms with Crippen LogP contribution in [0.3, 0.4) is 0 Å². The molecule has 1 aliphatic rings. The number of halogens is 5. The Morgan fingerprint density at radius 2 is 2.00 bits per heavy atom. The van der Waals surface area contributed by atoms with Crippen molar-refractivity contribution in [2.24, 2.45) is 0 Å². The van der Waals surface area contributed by atoms with Gasteiger partial charge in [0, 0.05) is 18.3 Å². The van der Waals surface area contributed by atoms with E-state index in [4.69, 9.17) is 5.73 Å². The van der Waals surface area contributed by atoms with Crippen LogP contribution in [-0.2, 0) is 6.54 Å². The fraction of sp³-hybridized carbons (Fsp3) is 0.400. The smallest absolute Gasteiger partial charge is 0.382 e. The molecular weight excluding hydrogens is 461 g/mol. The van der Waals surface area contributed by atoms with E-state index in [1.807, 2.05) is 0 Å². The van der Waals surface area contributed by atoms with Crippen molar-refractivity contribution in [3.63, 3.8) is 0 Å². The highest BCUT2D eigenvalue weighted by Crippen LogP contribution is 2.32. The summed E-state index contributed by atoms with van der Waals surface area (Å²) in [6.07, 6.45) is -1.59. The summed E-state index contributed by atoms with van der Waals surface area (Å²) in [5.41, 5.74) is 7.70. The first-order valence-corrected chi connectivity index (χ1v) is 10.4. The fourth-order valence-corrected chi connectivity index (χ4v) is 4.16. The van der Waals surface area contributed by atoms with Gasteiger partial charge >= 0.3 is 6.18 Å². The van der Waals surface area contributed by atoms with Crippen LogP contribution in [0.2, 0.25) is 0 Å². The monoisotopic (exact) mass is 481 g/mol. The number of anilines is 2. The summed E-state index contributed by atoms with van der Waals surface area (Å²) in [6.45, 7) is -1.11. The van der Waals surface area contributed by atoms with Crippen LogP contribution in [0.4, 0.5) is 33.7 Å². The van der Waals surface area contributed by atoms with Gasteiger partial charge in [0.15, 0.2) is 11.5 Å². The van der Waals surface area contributed by atoms with E-state index in [0.717, 1.165) is 10.9 Å². The van der Waals surface area contributed by atoms with Crippen molar-refractivity contribution in [1.82, 2.24) is 34.0 Å². The van der Waals surface area contributed by atoms with Gasteiger partial charge in [0.25, 0.3) is 5.92 Å². The lowest BCUT2D eigenvalue weighted by Gasteiger charge is -2.36. The second-order valence-electron chi connectivity index (χ2n) is 8.35. The van der Waals surface area contributed by atoms with Gasteiger partial charge in [-0.05, 0) is 31.7 Å². The van der Waals surface area contributed by atoms with Crippen molar-refractivity contribution in [3.8, 4) is 11.3 Å². The van der Waals surface area contributed by atoms with Crippen molar-refractivity contribution in [3.05, 3.63) is 30.7 Å². The van der Waals surface area contributed by atoms with Gasteiger partial charge in [0.1, 0.15) is 17.6 Å². The van der Waals surface area contributed by atoms with E-state index in [2.05, 4.69) is 25.4 Å². The molecule has 0 spiro atoms. The largest absolute Gasteiger partial charge is 0.406 e. The number of fused-ring (bicyclic) bond motifs is 2. The normalized spacial score (nSPS) is 19.2. The van der Waals surface area contributed by atoms with E-state index in [1.165, 1.54) is 4.52 Å². The number of hydrogen-bond acceptors (Lipinski definition) is 7. The first-order chi connectivity index (χ1) is 16.0. The molecule has 4 aromatic rings. The summed E-state index contributed by atoms with van der Waals surface area (Å²) < 4.78 is 69.8. The number of imidazole rings is 1. The Bertz CT molecular complexity index is 1360. The molecule has 5 rings (SSSR count). The van der Waals surface area contributed by atoms with E-state index < -0.39 is 24.7 Å². The summed E-state index contributed by atoms with van der Waals surface area (Å²) in [5.74, 6) is -3.01. The van der Waals surface area contributed by atoms with Crippen molar-refractivity contribution in [2.45, 2.75) is 31.1 Å². The zero-order valence-electron chi connectivity index (χ0n) is 17.9. The molecule has 9 nitrogen and oxygen atoms in total. The number of nitrogen functional groups attached to an aromatic ring is 1. The number of nitrogens with zero attached hydrogens (tertiary/aromatic N) is 7. The third-order valence-electron chi connectivity index (χ3n) is 5.72. The van der Waals surface area contributed by atoms with Crippen molar-refractivity contribution in [2.75, 3.05) is 31.2 Å². The standard InChI is InChI=1S/C20H20F5N9/c1-32-6-5-14(19(21,22)8-32)29-18-30-16(26)15-11(4-7-34(15)31-18)12-2-3-13-17(28-12)33(10-27-13)9-20(23,24)25/h2-4,7,10,14H,5-6,8-9H2,1H3,(H3,26,29,30,31). The topological polar surface area (TPSA) is 102 Å². The molecule has 1 fully saturated rings. The molecule has 0 radical (unpaired) electrons. The Kier molecular flexibility index (Phi) is 5.07. The van der Waals surface area contributed by atoms with E-state index in [-0.39, 0.29) is 30.4 Å². The third kappa shape index (κ3) is 4.08. The fourth-order valence-electron chi connectivity index (χ4n) is 4.16. The van der Waals surface area contributed by atoms with Gasteiger partial charge in [-0.3, -0.25) is 0 Å². The molecule has 4 aromatic heterocycles. The average Bonchev–Trinajstić information content (AvgIpc) is 3.33. The number of nitrogens with two attached hydrogens (primary N) is 1. The lowest BCUT2D eigenvalue weighted by molar-refractivity contribution is -0.140. The summed E-state index contributed by atoms with van der Waals surface area (Å²) in [6, 6.07) is 3.65. The van der Waals surface area contributed by atoms with Gasteiger partial charge in [-0.2, -0.15) is 18.2 Å². The minimum absolute atomic E-state index is 0.0134. The number of likely N-dealkylation sites (tertiary alicyclic amines) is 1. The molecule has 1 unspecified atom stereocenters. The van der Waals surface area contributed by atoms with E-state index >= 15 is 0 Å². The molecule has 0 amide bonds. The molecule has 0 aromatic carbocycles. The van der Waals surface area contributed by atoms with E-state index in [1.54, 1.807) is 36.3 Å². The van der Waals surface area contributed by atoms with Gasteiger partial charge in [-0.1, -0.05) is 0 Å². The van der Waals surface area contributed by atoms with Gasteiger partial charge < -0.3 is 20.5 Å². The highest BCUT2D eigenvalue weighted by molar-refractivity contribution is 5.88. The Morgan fingerprint density at radius 3 is 2.74 bits per heavy atom. The van der Waals surface area contributed by atoms with Crippen molar-refractivity contribution in [1.29, 1.82) is 0 Å². The van der Waals surface area contributed by atoms with Crippen LogP contribution in [0, 0.1) is 0 Å². The molecule has 180 valence electrons.